The van der Waals surface area contributed by atoms with E-state index in [4.69, 9.17) is 4.74 Å². The predicted octanol–water partition coefficient (Wildman–Crippen LogP) is 9.55. The molecule has 3 heteroatoms. The summed E-state index contributed by atoms with van der Waals surface area (Å²) in [5.74, 6) is -0.258. The third kappa shape index (κ3) is 3.16. The molecule has 5 aromatic rings. The van der Waals surface area contributed by atoms with Gasteiger partial charge in [-0.05, 0) is 47.1 Å². The van der Waals surface area contributed by atoms with Crippen LogP contribution in [0.5, 0.6) is 5.75 Å². The first kappa shape index (κ1) is 23.8. The van der Waals surface area contributed by atoms with Crippen molar-refractivity contribution >= 4 is 16.8 Å². The van der Waals surface area contributed by atoms with Gasteiger partial charge in [0.05, 0.1) is 0 Å². The number of fused-ring (bicyclic) bond motifs is 8. The van der Waals surface area contributed by atoms with Crippen molar-refractivity contribution in [3.8, 4) is 16.9 Å². The number of hydrogen-bond donors (Lipinski definition) is 0. The molecule has 0 radical (unpaired) electrons. The Kier molecular flexibility index (Phi) is 5.28. The lowest BCUT2D eigenvalue weighted by atomic mass is 9.71. The van der Waals surface area contributed by atoms with Gasteiger partial charge >= 0.3 is 0 Å². The van der Waals surface area contributed by atoms with E-state index in [1.54, 1.807) is 0 Å². The summed E-state index contributed by atoms with van der Waals surface area (Å²) in [4.78, 5) is 0. The summed E-state index contributed by atoms with van der Waals surface area (Å²) in [6, 6.07) is 31.1. The molecule has 1 aliphatic carbocycles. The van der Waals surface area contributed by atoms with Gasteiger partial charge in [0.1, 0.15) is 17.4 Å². The maximum Gasteiger partial charge on any atom is 0.178 e. The molecule has 2 aliphatic rings. The van der Waals surface area contributed by atoms with Gasteiger partial charge in [0.15, 0.2) is 5.60 Å². The predicted molar refractivity (Wildman–Crippen MR) is 154 cm³/mol. The fourth-order valence-corrected chi connectivity index (χ4v) is 7.06. The second-order valence-electron chi connectivity index (χ2n) is 10.5. The fourth-order valence-electron chi connectivity index (χ4n) is 7.06. The molecule has 0 aromatic heterocycles. The molecule has 0 saturated heterocycles. The van der Waals surface area contributed by atoms with Crippen molar-refractivity contribution in [2.24, 2.45) is 0 Å². The molecule has 0 N–H and O–H groups in total. The van der Waals surface area contributed by atoms with Crippen LogP contribution in [0.3, 0.4) is 0 Å². The first-order valence-corrected chi connectivity index (χ1v) is 13.6. The van der Waals surface area contributed by atoms with Crippen LogP contribution in [0.1, 0.15) is 54.5 Å². The Morgan fingerprint density at radius 1 is 0.692 bits per heavy atom. The maximum absolute atomic E-state index is 15.7. The molecule has 0 saturated carbocycles. The minimum absolute atomic E-state index is 0.480. The van der Waals surface area contributed by atoms with Crippen molar-refractivity contribution in [3.63, 3.8) is 0 Å². The van der Waals surface area contributed by atoms with Crippen LogP contribution in [0.15, 0.2) is 103 Å². The summed E-state index contributed by atoms with van der Waals surface area (Å²) in [5.41, 5.74) is 4.77. The Bertz CT molecular complexity index is 1730. The van der Waals surface area contributed by atoms with Crippen LogP contribution in [-0.2, 0) is 11.0 Å². The quantitative estimate of drug-likeness (QED) is 0.232. The van der Waals surface area contributed by atoms with Crippen LogP contribution in [0, 0.1) is 11.6 Å². The highest BCUT2D eigenvalue weighted by atomic mass is 19.1. The van der Waals surface area contributed by atoms with Gasteiger partial charge in [0, 0.05) is 39.1 Å². The summed E-state index contributed by atoms with van der Waals surface area (Å²) in [6.07, 6.45) is 5.66. The molecule has 0 bridgehead atoms. The molecule has 7 rings (SSSR count). The van der Waals surface area contributed by atoms with E-state index in [1.165, 1.54) is 6.07 Å². The third-order valence-electron chi connectivity index (χ3n) is 8.85. The van der Waals surface area contributed by atoms with E-state index < -0.39 is 22.7 Å². The standard InChI is InChI=1S/C36H28F2O/c1-3-35(4-2)32-29(21-25(37)22-30(32)38)31-26-17-11-12-18-27(26)34-28(33(31)35)19-20-36(39-34,23-13-7-5-8-14-23)24-15-9-6-10-16-24/h5-22H,3-4H2,1-2H3. The van der Waals surface area contributed by atoms with Gasteiger partial charge < -0.3 is 4.74 Å². The lowest BCUT2D eigenvalue weighted by Crippen LogP contribution is -2.35. The van der Waals surface area contributed by atoms with Gasteiger partial charge in [-0.3, -0.25) is 0 Å². The summed E-state index contributed by atoms with van der Waals surface area (Å²) in [7, 11) is 0. The molecule has 0 amide bonds. The minimum Gasteiger partial charge on any atom is -0.472 e. The summed E-state index contributed by atoms with van der Waals surface area (Å²) in [5, 5.41) is 1.89. The molecule has 1 aliphatic heterocycles. The van der Waals surface area contributed by atoms with Crippen molar-refractivity contribution in [2.45, 2.75) is 37.7 Å². The number of benzene rings is 5. The molecule has 0 atom stereocenters. The Labute approximate surface area is 227 Å². The van der Waals surface area contributed by atoms with Gasteiger partial charge in [-0.2, -0.15) is 0 Å². The van der Waals surface area contributed by atoms with Crippen molar-refractivity contribution in [2.75, 3.05) is 0 Å². The first-order chi connectivity index (χ1) is 19.0. The average Bonchev–Trinajstić information content (AvgIpc) is 3.29. The zero-order valence-electron chi connectivity index (χ0n) is 22.0. The van der Waals surface area contributed by atoms with Crippen LogP contribution in [0.25, 0.3) is 28.0 Å². The van der Waals surface area contributed by atoms with Gasteiger partial charge in [0.25, 0.3) is 0 Å². The first-order valence-electron chi connectivity index (χ1n) is 13.6. The molecule has 0 unspecified atom stereocenters. The Hall–Kier alpha value is -4.24. The maximum atomic E-state index is 15.7. The Morgan fingerprint density at radius 3 is 1.90 bits per heavy atom. The van der Waals surface area contributed by atoms with E-state index in [1.807, 2.05) is 48.5 Å². The SMILES string of the molecule is CCC1(CC)c2c(F)cc(F)cc2-c2c1c1c(c3ccccc23)OC(c2ccccc2)(c2ccccc2)C=C1. The van der Waals surface area contributed by atoms with Crippen LogP contribution >= 0.6 is 0 Å². The molecule has 5 aromatic carbocycles. The Balaban J connectivity index is 1.61. The number of hydrogen-bond acceptors (Lipinski definition) is 1. The minimum atomic E-state index is -0.837. The van der Waals surface area contributed by atoms with E-state index in [0.29, 0.717) is 24.0 Å². The second kappa shape index (κ2) is 8.64. The second-order valence-corrected chi connectivity index (χ2v) is 10.5. The van der Waals surface area contributed by atoms with Crippen molar-refractivity contribution < 1.29 is 13.5 Å². The highest BCUT2D eigenvalue weighted by Crippen LogP contribution is 2.60. The van der Waals surface area contributed by atoms with Gasteiger partial charge in [-0.15, -0.1) is 0 Å². The molecule has 39 heavy (non-hydrogen) atoms. The molecule has 1 heterocycles. The van der Waals surface area contributed by atoms with Crippen LogP contribution in [0.4, 0.5) is 8.78 Å². The lowest BCUT2D eigenvalue weighted by Gasteiger charge is -2.39. The summed E-state index contributed by atoms with van der Waals surface area (Å²) in [6.45, 7) is 4.19. The van der Waals surface area contributed by atoms with Crippen LogP contribution < -0.4 is 4.74 Å². The van der Waals surface area contributed by atoms with E-state index >= 15 is 4.39 Å². The molecule has 0 fully saturated rings. The fraction of sp³-hybridized carbons (Fsp3) is 0.167. The largest absolute Gasteiger partial charge is 0.472 e. The van der Waals surface area contributed by atoms with Crippen LogP contribution in [0.2, 0.25) is 0 Å². The normalized spacial score (nSPS) is 15.9. The summed E-state index contributed by atoms with van der Waals surface area (Å²) < 4.78 is 37.6. The highest BCUT2D eigenvalue weighted by molar-refractivity contribution is 6.08. The van der Waals surface area contributed by atoms with Crippen molar-refractivity contribution in [3.05, 3.63) is 143 Å². The van der Waals surface area contributed by atoms with Gasteiger partial charge in [0.2, 0.25) is 0 Å². The van der Waals surface area contributed by atoms with E-state index in [9.17, 15) is 4.39 Å². The van der Waals surface area contributed by atoms with Crippen molar-refractivity contribution in [1.29, 1.82) is 0 Å². The third-order valence-corrected chi connectivity index (χ3v) is 8.85. The number of ether oxygens (including phenoxy) is 1. The monoisotopic (exact) mass is 514 g/mol. The lowest BCUT2D eigenvalue weighted by molar-refractivity contribution is 0.163. The van der Waals surface area contributed by atoms with Gasteiger partial charge in [-0.25, -0.2) is 8.78 Å². The molecule has 1 nitrogen and oxygen atoms in total. The Morgan fingerprint density at radius 2 is 1.28 bits per heavy atom. The van der Waals surface area contributed by atoms with E-state index in [2.05, 4.69) is 62.4 Å². The van der Waals surface area contributed by atoms with Crippen LogP contribution in [-0.4, -0.2) is 0 Å². The van der Waals surface area contributed by atoms with Crippen molar-refractivity contribution in [1.82, 2.24) is 0 Å². The topological polar surface area (TPSA) is 9.23 Å². The molecule has 192 valence electrons. The highest BCUT2D eigenvalue weighted by Gasteiger charge is 2.48. The molecular formula is C36H28F2O. The summed E-state index contributed by atoms with van der Waals surface area (Å²) >= 11 is 0. The molecule has 0 spiro atoms. The smallest absolute Gasteiger partial charge is 0.178 e. The number of halogens is 2. The van der Waals surface area contributed by atoms with Gasteiger partial charge in [-0.1, -0.05) is 105 Å². The number of rotatable bonds is 4. The zero-order chi connectivity index (χ0) is 26.8. The average molecular weight is 515 g/mol. The molecular weight excluding hydrogens is 486 g/mol. The zero-order valence-corrected chi connectivity index (χ0v) is 22.0. The van der Waals surface area contributed by atoms with E-state index in [0.717, 1.165) is 50.4 Å². The van der Waals surface area contributed by atoms with E-state index in [-0.39, 0.29) is 0 Å².